The summed E-state index contributed by atoms with van der Waals surface area (Å²) in [5.41, 5.74) is 0. The van der Waals surface area contributed by atoms with Gasteiger partial charge < -0.3 is 9.84 Å². The van der Waals surface area contributed by atoms with Gasteiger partial charge in [-0.05, 0) is 0 Å². The normalized spacial score (nSPS) is 16.5. The summed E-state index contributed by atoms with van der Waals surface area (Å²) in [5.74, 6) is -10.3. The van der Waals surface area contributed by atoms with E-state index in [9.17, 15) is 31.1 Å². The van der Waals surface area contributed by atoms with E-state index in [0.29, 0.717) is 0 Å². The average Bonchev–Trinajstić information content (AvgIpc) is 2.08. The van der Waals surface area contributed by atoms with E-state index in [1.807, 2.05) is 0 Å². The Hall–Kier alpha value is -1.19. The Morgan fingerprint density at radius 1 is 1.24 bits per heavy atom. The fraction of sp³-hybridized carbons (Fsp3) is 0.857. The molecule has 1 amide bonds. The third kappa shape index (κ3) is 2.73. The number of ether oxygens (including phenoxy) is 1. The first-order chi connectivity index (χ1) is 7.39. The number of hydrogen-bond donors (Lipinski definition) is 1. The molecule has 0 aromatic carbocycles. The van der Waals surface area contributed by atoms with Gasteiger partial charge in [-0.2, -0.15) is 13.2 Å². The first kappa shape index (κ1) is 15.8. The molecule has 0 bridgehead atoms. The lowest BCUT2D eigenvalue weighted by atomic mass is 10.1. The summed E-state index contributed by atoms with van der Waals surface area (Å²) in [6.07, 6.45) is -8.63. The smallest absolute Gasteiger partial charge is 0.448 e. The maximum atomic E-state index is 13.5. The SMILES string of the molecule is COCN(C(=O)O)C(F)(C(C)(F)F)C(F)(F)F. The molecule has 0 heterocycles. The number of methoxy groups -OCH3 is 1. The molecule has 0 aliphatic heterocycles. The van der Waals surface area contributed by atoms with E-state index < -0.39 is 35.6 Å². The Morgan fingerprint density at radius 2 is 1.65 bits per heavy atom. The molecule has 10 heteroatoms. The molecule has 0 saturated heterocycles. The van der Waals surface area contributed by atoms with Crippen LogP contribution in [-0.2, 0) is 4.74 Å². The molecule has 102 valence electrons. The fourth-order valence-electron chi connectivity index (χ4n) is 1.04. The van der Waals surface area contributed by atoms with Crippen LogP contribution in [0.15, 0.2) is 0 Å². The molecule has 1 N–H and O–H groups in total. The van der Waals surface area contributed by atoms with Crippen molar-refractivity contribution >= 4 is 6.09 Å². The van der Waals surface area contributed by atoms with Crippen LogP contribution in [0.3, 0.4) is 0 Å². The number of carboxylic acid groups (broad SMARTS) is 1. The Kier molecular flexibility index (Phi) is 4.27. The molecular weight excluding hydrogens is 260 g/mol. The predicted molar refractivity (Wildman–Crippen MR) is 42.3 cm³/mol. The third-order valence-electron chi connectivity index (χ3n) is 1.82. The van der Waals surface area contributed by atoms with Crippen molar-refractivity contribution in [1.29, 1.82) is 0 Å². The lowest BCUT2D eigenvalue weighted by Gasteiger charge is -2.39. The number of alkyl halides is 6. The van der Waals surface area contributed by atoms with Gasteiger partial charge in [0.25, 0.3) is 0 Å². The van der Waals surface area contributed by atoms with Gasteiger partial charge in [0.2, 0.25) is 0 Å². The van der Waals surface area contributed by atoms with Crippen molar-refractivity contribution in [3.8, 4) is 0 Å². The van der Waals surface area contributed by atoms with Gasteiger partial charge in [0.1, 0.15) is 6.73 Å². The summed E-state index contributed by atoms with van der Waals surface area (Å²) in [6, 6.07) is 0. The van der Waals surface area contributed by atoms with Crippen molar-refractivity contribution in [2.24, 2.45) is 0 Å². The Balaban J connectivity index is 5.68. The first-order valence-electron chi connectivity index (χ1n) is 4.02. The van der Waals surface area contributed by atoms with Crippen LogP contribution >= 0.6 is 0 Å². The Bertz CT molecular complexity index is 272. The lowest BCUT2D eigenvalue weighted by molar-refractivity contribution is -0.348. The van der Waals surface area contributed by atoms with Gasteiger partial charge in [-0.1, -0.05) is 0 Å². The van der Waals surface area contributed by atoms with Crippen LogP contribution in [-0.4, -0.2) is 47.8 Å². The topological polar surface area (TPSA) is 49.8 Å². The maximum absolute atomic E-state index is 13.5. The molecule has 1 atom stereocenters. The summed E-state index contributed by atoms with van der Waals surface area (Å²) in [7, 11) is 0.737. The molecule has 0 spiro atoms. The van der Waals surface area contributed by atoms with Gasteiger partial charge in [0, 0.05) is 14.0 Å². The highest BCUT2D eigenvalue weighted by molar-refractivity contribution is 5.66. The Labute approximate surface area is 91.8 Å². The standard InChI is InChI=1S/C7H9F6NO3/c1-5(8,9)6(10,7(11,12)13)14(3-17-2)4(15)16/h3H2,1-2H3,(H,15,16). The van der Waals surface area contributed by atoms with E-state index in [0.717, 1.165) is 7.11 Å². The van der Waals surface area contributed by atoms with E-state index in [1.54, 1.807) is 0 Å². The van der Waals surface area contributed by atoms with Gasteiger partial charge in [-0.3, -0.25) is 0 Å². The summed E-state index contributed by atoms with van der Waals surface area (Å²) >= 11 is 0. The number of hydrogen-bond acceptors (Lipinski definition) is 2. The number of rotatable bonds is 4. The van der Waals surface area contributed by atoms with E-state index in [1.165, 1.54) is 0 Å². The van der Waals surface area contributed by atoms with Gasteiger partial charge >= 0.3 is 24.0 Å². The molecule has 4 nitrogen and oxygen atoms in total. The van der Waals surface area contributed by atoms with Crippen molar-refractivity contribution in [3.63, 3.8) is 0 Å². The Morgan fingerprint density at radius 3 is 1.82 bits per heavy atom. The van der Waals surface area contributed by atoms with Crippen LogP contribution in [0.1, 0.15) is 6.92 Å². The molecule has 0 saturated carbocycles. The van der Waals surface area contributed by atoms with Crippen LogP contribution in [0, 0.1) is 0 Å². The molecule has 0 aromatic rings. The second-order valence-corrected chi connectivity index (χ2v) is 3.14. The van der Waals surface area contributed by atoms with Gasteiger partial charge in [0.15, 0.2) is 0 Å². The fourth-order valence-corrected chi connectivity index (χ4v) is 1.04. The minimum absolute atomic E-state index is 0.369. The highest BCUT2D eigenvalue weighted by Gasteiger charge is 2.74. The molecule has 0 aliphatic carbocycles. The van der Waals surface area contributed by atoms with Crippen LogP contribution in [0.2, 0.25) is 0 Å². The van der Waals surface area contributed by atoms with Crippen LogP contribution in [0.25, 0.3) is 0 Å². The number of carbonyl (C=O) groups is 1. The second-order valence-electron chi connectivity index (χ2n) is 3.14. The molecule has 17 heavy (non-hydrogen) atoms. The van der Waals surface area contributed by atoms with E-state index in [-0.39, 0.29) is 6.92 Å². The minimum atomic E-state index is -6.11. The summed E-state index contributed by atoms with van der Waals surface area (Å²) in [6.45, 7) is -1.86. The second kappa shape index (κ2) is 4.59. The van der Waals surface area contributed by atoms with Gasteiger partial charge in [-0.15, -0.1) is 0 Å². The highest BCUT2D eigenvalue weighted by Crippen LogP contribution is 2.47. The maximum Gasteiger partial charge on any atom is 0.448 e. The zero-order chi connectivity index (χ0) is 14.1. The summed E-state index contributed by atoms with van der Waals surface area (Å²) < 4.78 is 79.9. The lowest BCUT2D eigenvalue weighted by Crippen LogP contribution is -2.66. The zero-order valence-electron chi connectivity index (χ0n) is 8.69. The largest absolute Gasteiger partial charge is 0.465 e. The highest BCUT2D eigenvalue weighted by atomic mass is 19.4. The molecule has 0 aromatic heterocycles. The van der Waals surface area contributed by atoms with Crippen molar-refractivity contribution in [2.45, 2.75) is 24.8 Å². The van der Waals surface area contributed by atoms with Crippen molar-refractivity contribution in [1.82, 2.24) is 4.90 Å². The average molecular weight is 269 g/mol. The van der Waals surface area contributed by atoms with Crippen LogP contribution < -0.4 is 0 Å². The minimum Gasteiger partial charge on any atom is -0.465 e. The number of halogens is 6. The summed E-state index contributed by atoms with van der Waals surface area (Å²) in [4.78, 5) is 9.26. The van der Waals surface area contributed by atoms with E-state index in [4.69, 9.17) is 5.11 Å². The third-order valence-corrected chi connectivity index (χ3v) is 1.82. The summed E-state index contributed by atoms with van der Waals surface area (Å²) in [5, 5.41) is 8.34. The number of nitrogens with zero attached hydrogens (tertiary/aromatic N) is 1. The van der Waals surface area contributed by atoms with Gasteiger partial charge in [0.05, 0.1) is 0 Å². The van der Waals surface area contributed by atoms with Crippen LogP contribution in [0.4, 0.5) is 31.1 Å². The van der Waals surface area contributed by atoms with Gasteiger partial charge in [-0.25, -0.2) is 22.9 Å². The van der Waals surface area contributed by atoms with E-state index in [2.05, 4.69) is 4.74 Å². The molecule has 0 fully saturated rings. The molecule has 0 radical (unpaired) electrons. The van der Waals surface area contributed by atoms with Crippen molar-refractivity contribution in [3.05, 3.63) is 0 Å². The zero-order valence-corrected chi connectivity index (χ0v) is 8.69. The molecule has 1 unspecified atom stereocenters. The molecule has 0 aliphatic rings. The van der Waals surface area contributed by atoms with Crippen molar-refractivity contribution < 1.29 is 41.0 Å². The molecular formula is C7H9F6NO3. The van der Waals surface area contributed by atoms with Crippen molar-refractivity contribution in [2.75, 3.05) is 13.8 Å². The van der Waals surface area contributed by atoms with E-state index >= 15 is 0 Å². The van der Waals surface area contributed by atoms with Crippen LogP contribution in [0.5, 0.6) is 0 Å². The monoisotopic (exact) mass is 269 g/mol. The molecule has 0 rings (SSSR count). The predicted octanol–water partition coefficient (Wildman–Crippen LogP) is 2.45. The number of amides is 1. The first-order valence-corrected chi connectivity index (χ1v) is 4.02. The quantitative estimate of drug-likeness (QED) is 0.484.